The van der Waals surface area contributed by atoms with Crippen molar-refractivity contribution in [3.05, 3.63) is 53.0 Å². The topological polar surface area (TPSA) is 69.7 Å². The molecule has 1 atom stereocenters. The molecule has 1 amide bonds. The van der Waals surface area contributed by atoms with Crippen LogP contribution in [0.5, 0.6) is 0 Å². The molecule has 0 saturated carbocycles. The third-order valence-electron chi connectivity index (χ3n) is 5.92. The first-order valence-corrected chi connectivity index (χ1v) is 12.4. The third-order valence-corrected chi connectivity index (χ3v) is 7.49. The van der Waals surface area contributed by atoms with Crippen LogP contribution in [0.1, 0.15) is 44.6 Å². The minimum atomic E-state index is -3.46. The van der Waals surface area contributed by atoms with Gasteiger partial charge in [-0.1, -0.05) is 42.0 Å². The van der Waals surface area contributed by atoms with E-state index >= 15 is 0 Å². The summed E-state index contributed by atoms with van der Waals surface area (Å²) in [4.78, 5) is 14.6. The summed E-state index contributed by atoms with van der Waals surface area (Å²) in [5.41, 5.74) is 2.31. The summed E-state index contributed by atoms with van der Waals surface area (Å²) in [6, 6.07) is 9.14. The molecular weight excluding hydrogens is 398 g/mol. The van der Waals surface area contributed by atoms with Gasteiger partial charge >= 0.3 is 0 Å². The van der Waals surface area contributed by atoms with Crippen molar-refractivity contribution in [3.63, 3.8) is 0 Å². The van der Waals surface area contributed by atoms with Crippen molar-refractivity contribution in [2.75, 3.05) is 32.7 Å². The Labute approximate surface area is 180 Å². The fourth-order valence-electron chi connectivity index (χ4n) is 3.95. The van der Waals surface area contributed by atoms with Crippen LogP contribution in [0.15, 0.2) is 47.4 Å². The molecule has 0 spiro atoms. The number of hydrogen-bond acceptors (Lipinski definition) is 4. The zero-order valence-corrected chi connectivity index (χ0v) is 18.6. The monoisotopic (exact) mass is 431 g/mol. The second kappa shape index (κ2) is 10.9. The molecule has 0 bridgehead atoms. The fraction of sp³-hybridized carbons (Fsp3) is 0.522. The number of piperazine rings is 1. The van der Waals surface area contributed by atoms with Crippen LogP contribution in [-0.4, -0.2) is 62.3 Å². The normalized spacial score (nSPS) is 20.1. The van der Waals surface area contributed by atoms with Crippen LogP contribution < -0.4 is 5.32 Å². The largest absolute Gasteiger partial charge is 0.354 e. The summed E-state index contributed by atoms with van der Waals surface area (Å²) in [6.45, 7) is 4.47. The highest BCUT2D eigenvalue weighted by Crippen LogP contribution is 2.19. The molecule has 1 fully saturated rings. The molecule has 6 nitrogen and oxygen atoms in total. The zero-order valence-electron chi connectivity index (χ0n) is 17.8. The van der Waals surface area contributed by atoms with Crippen molar-refractivity contribution < 1.29 is 13.2 Å². The molecule has 0 unspecified atom stereocenters. The molecule has 1 N–H and O–H groups in total. The molecule has 0 radical (unpaired) electrons. The van der Waals surface area contributed by atoms with E-state index in [1.807, 2.05) is 37.3 Å². The lowest BCUT2D eigenvalue weighted by Crippen LogP contribution is -2.54. The summed E-state index contributed by atoms with van der Waals surface area (Å²) in [6.07, 6.45) is 9.71. The lowest BCUT2D eigenvalue weighted by Gasteiger charge is -2.36. The van der Waals surface area contributed by atoms with Gasteiger partial charge in [0.05, 0.1) is 6.04 Å². The highest BCUT2D eigenvalue weighted by atomic mass is 32.2. The molecule has 1 aromatic rings. The number of allylic oxidation sites excluding steroid dienone is 1. The molecule has 3 rings (SSSR count). The summed E-state index contributed by atoms with van der Waals surface area (Å²) < 4.78 is 26.7. The summed E-state index contributed by atoms with van der Waals surface area (Å²) >= 11 is 0. The van der Waals surface area contributed by atoms with Crippen LogP contribution in [0.2, 0.25) is 0 Å². The second-order valence-corrected chi connectivity index (χ2v) is 9.84. The smallest absolute Gasteiger partial charge is 0.237 e. The Morgan fingerprint density at radius 3 is 2.53 bits per heavy atom. The van der Waals surface area contributed by atoms with E-state index in [2.05, 4.69) is 16.3 Å². The Bertz CT molecular complexity index is 857. The van der Waals surface area contributed by atoms with Gasteiger partial charge in [0.15, 0.2) is 0 Å². The minimum Gasteiger partial charge on any atom is -0.354 e. The molecule has 30 heavy (non-hydrogen) atoms. The van der Waals surface area contributed by atoms with E-state index in [9.17, 15) is 13.2 Å². The molecule has 1 saturated heterocycles. The zero-order chi connectivity index (χ0) is 21.4. The van der Waals surface area contributed by atoms with Gasteiger partial charge in [-0.25, -0.2) is 8.42 Å². The summed E-state index contributed by atoms with van der Waals surface area (Å²) in [5, 5.41) is 4.31. The predicted octanol–water partition coefficient (Wildman–Crippen LogP) is 3.00. The minimum absolute atomic E-state index is 0.0201. The van der Waals surface area contributed by atoms with Crippen LogP contribution in [0.3, 0.4) is 0 Å². The third kappa shape index (κ3) is 6.52. The van der Waals surface area contributed by atoms with Crippen LogP contribution in [0.25, 0.3) is 6.08 Å². The molecule has 0 aromatic heterocycles. The van der Waals surface area contributed by atoms with Crippen LogP contribution in [0.4, 0.5) is 0 Å². The molecule has 1 aliphatic heterocycles. The summed E-state index contributed by atoms with van der Waals surface area (Å²) in [5.74, 6) is 0.0201. The number of amides is 1. The quantitative estimate of drug-likeness (QED) is 0.643. The van der Waals surface area contributed by atoms with E-state index in [0.717, 1.165) is 24.8 Å². The molecule has 1 heterocycles. The van der Waals surface area contributed by atoms with Gasteiger partial charge in [0, 0.05) is 38.1 Å². The van der Waals surface area contributed by atoms with Gasteiger partial charge in [-0.15, -0.1) is 0 Å². The van der Waals surface area contributed by atoms with Crippen LogP contribution in [0, 0.1) is 0 Å². The molecule has 7 heteroatoms. The Balaban J connectivity index is 1.44. The first kappa shape index (κ1) is 22.7. The van der Waals surface area contributed by atoms with Crippen LogP contribution in [-0.2, 0) is 14.8 Å². The maximum atomic E-state index is 12.6. The van der Waals surface area contributed by atoms with E-state index in [1.165, 1.54) is 28.1 Å². The molecular formula is C23H33N3O3S. The van der Waals surface area contributed by atoms with Crippen molar-refractivity contribution in [1.29, 1.82) is 0 Å². The van der Waals surface area contributed by atoms with Gasteiger partial charge in [0.25, 0.3) is 0 Å². The van der Waals surface area contributed by atoms with Gasteiger partial charge in [-0.05, 0) is 50.7 Å². The standard InChI is InChI=1S/C23H33N3O3S/c1-20(23(27)24-14-12-21-8-4-2-5-9-21)25-15-17-26(18-16-25)30(28,29)19-13-22-10-6-3-7-11-22/h3,6-8,10-11,13,19-20H,2,4-5,9,12,14-18H2,1H3,(H,24,27)/b19-13+/t20-/m1/s1. The number of sulfonamides is 1. The van der Waals surface area contributed by atoms with E-state index in [1.54, 1.807) is 6.08 Å². The molecule has 2 aliphatic rings. The van der Waals surface area contributed by atoms with E-state index in [-0.39, 0.29) is 11.9 Å². The Hall–Kier alpha value is -1.96. The molecule has 1 aromatic carbocycles. The SMILES string of the molecule is C[C@H](C(=O)NCCC1=CCCCC1)N1CCN(S(=O)(=O)/C=C/c2ccccc2)CC1. The van der Waals surface area contributed by atoms with Gasteiger partial charge in [0.2, 0.25) is 15.9 Å². The maximum Gasteiger partial charge on any atom is 0.237 e. The second-order valence-electron chi connectivity index (χ2n) is 8.02. The molecule has 1 aliphatic carbocycles. The number of nitrogens with one attached hydrogen (secondary N) is 1. The van der Waals surface area contributed by atoms with Crippen molar-refractivity contribution in [2.45, 2.75) is 45.1 Å². The Morgan fingerprint density at radius 2 is 1.87 bits per heavy atom. The highest BCUT2D eigenvalue weighted by molar-refractivity contribution is 7.92. The van der Waals surface area contributed by atoms with E-state index in [4.69, 9.17) is 0 Å². The average Bonchev–Trinajstić information content (AvgIpc) is 2.79. The Kier molecular flexibility index (Phi) is 8.24. The number of hydrogen-bond donors (Lipinski definition) is 1. The number of rotatable bonds is 8. The lowest BCUT2D eigenvalue weighted by molar-refractivity contribution is -0.126. The Morgan fingerprint density at radius 1 is 1.13 bits per heavy atom. The molecule has 164 valence electrons. The van der Waals surface area contributed by atoms with E-state index in [0.29, 0.717) is 32.7 Å². The highest BCUT2D eigenvalue weighted by Gasteiger charge is 2.29. The van der Waals surface area contributed by atoms with Gasteiger partial charge in [0.1, 0.15) is 0 Å². The average molecular weight is 432 g/mol. The van der Waals surface area contributed by atoms with Crippen LogP contribution >= 0.6 is 0 Å². The van der Waals surface area contributed by atoms with Crippen molar-refractivity contribution in [2.24, 2.45) is 0 Å². The predicted molar refractivity (Wildman–Crippen MR) is 121 cm³/mol. The van der Waals surface area contributed by atoms with Crippen molar-refractivity contribution >= 4 is 22.0 Å². The lowest BCUT2D eigenvalue weighted by atomic mass is 9.97. The number of benzene rings is 1. The maximum absolute atomic E-state index is 12.6. The number of carbonyl (C=O) groups excluding carboxylic acids is 1. The fourth-order valence-corrected chi connectivity index (χ4v) is 5.13. The summed E-state index contributed by atoms with van der Waals surface area (Å²) in [7, 11) is -3.46. The number of nitrogens with zero attached hydrogens (tertiary/aromatic N) is 2. The van der Waals surface area contributed by atoms with Gasteiger partial charge in [-0.3, -0.25) is 9.69 Å². The van der Waals surface area contributed by atoms with Crippen molar-refractivity contribution in [1.82, 2.24) is 14.5 Å². The van der Waals surface area contributed by atoms with Gasteiger partial charge < -0.3 is 5.32 Å². The number of carbonyl (C=O) groups is 1. The first-order chi connectivity index (χ1) is 14.5. The van der Waals surface area contributed by atoms with E-state index < -0.39 is 10.0 Å². The van der Waals surface area contributed by atoms with Crippen molar-refractivity contribution in [3.8, 4) is 0 Å². The first-order valence-electron chi connectivity index (χ1n) is 10.9. The van der Waals surface area contributed by atoms with Gasteiger partial charge in [-0.2, -0.15) is 4.31 Å².